The van der Waals surface area contributed by atoms with Crippen molar-refractivity contribution < 1.29 is 19.1 Å². The number of nitrogens with zero attached hydrogens (tertiary/aromatic N) is 2. The largest absolute Gasteiger partial charge is 0.369 e. The number of hydrogen-bond donors (Lipinski definition) is 0. The van der Waals surface area contributed by atoms with E-state index < -0.39 is 0 Å². The van der Waals surface area contributed by atoms with Gasteiger partial charge in [0, 0.05) is 26.2 Å². The molecule has 0 bridgehead atoms. The molecule has 0 radical (unpaired) electrons. The van der Waals surface area contributed by atoms with E-state index in [0.29, 0.717) is 26.2 Å². The molecule has 0 unspecified atom stereocenters. The van der Waals surface area contributed by atoms with Crippen LogP contribution in [0, 0.1) is 0 Å². The first-order chi connectivity index (χ1) is 9.40. The Bertz CT molecular complexity index is 291. The number of amides is 2. The third kappa shape index (κ3) is 5.88. The van der Waals surface area contributed by atoms with Gasteiger partial charge in [-0.05, 0) is 27.7 Å². The van der Waals surface area contributed by atoms with Crippen molar-refractivity contribution in [3.05, 3.63) is 0 Å². The molecule has 1 rings (SSSR count). The molecule has 1 saturated heterocycles. The highest BCUT2D eigenvalue weighted by molar-refractivity contribution is 5.79. The number of rotatable bonds is 6. The number of carbonyl (C=O) groups excluding carboxylic acids is 2. The van der Waals surface area contributed by atoms with Crippen molar-refractivity contribution in [1.82, 2.24) is 9.80 Å². The highest BCUT2D eigenvalue weighted by atomic mass is 16.5. The minimum absolute atomic E-state index is 0.00997. The average molecular weight is 286 g/mol. The van der Waals surface area contributed by atoms with Crippen molar-refractivity contribution in [2.45, 2.75) is 39.9 Å². The summed E-state index contributed by atoms with van der Waals surface area (Å²) in [5.41, 5.74) is 0. The summed E-state index contributed by atoms with van der Waals surface area (Å²) in [7, 11) is 0. The van der Waals surface area contributed by atoms with Gasteiger partial charge in [0.05, 0.1) is 12.2 Å². The van der Waals surface area contributed by atoms with E-state index in [1.165, 1.54) is 0 Å². The minimum Gasteiger partial charge on any atom is -0.369 e. The van der Waals surface area contributed by atoms with E-state index in [0.717, 1.165) is 0 Å². The van der Waals surface area contributed by atoms with Crippen LogP contribution >= 0.6 is 0 Å². The molecule has 0 aromatic carbocycles. The van der Waals surface area contributed by atoms with Crippen LogP contribution in [-0.4, -0.2) is 73.2 Å². The predicted octanol–water partition coefficient (Wildman–Crippen LogP) is 0.507. The Hall–Kier alpha value is -1.14. The summed E-state index contributed by atoms with van der Waals surface area (Å²) in [5, 5.41) is 0. The highest BCUT2D eigenvalue weighted by Gasteiger charge is 2.24. The van der Waals surface area contributed by atoms with Gasteiger partial charge in [-0.3, -0.25) is 9.59 Å². The Morgan fingerprint density at radius 2 is 1.10 bits per heavy atom. The molecule has 1 fully saturated rings. The van der Waals surface area contributed by atoms with Crippen LogP contribution in [0.4, 0.5) is 0 Å². The Morgan fingerprint density at radius 3 is 1.35 bits per heavy atom. The van der Waals surface area contributed by atoms with E-state index in [1.54, 1.807) is 9.80 Å². The molecule has 0 aliphatic carbocycles. The summed E-state index contributed by atoms with van der Waals surface area (Å²) in [6, 6.07) is 0. The van der Waals surface area contributed by atoms with E-state index in [2.05, 4.69) is 0 Å². The fourth-order valence-electron chi connectivity index (χ4n) is 1.86. The summed E-state index contributed by atoms with van der Waals surface area (Å²) >= 11 is 0. The second kappa shape index (κ2) is 8.21. The van der Waals surface area contributed by atoms with Gasteiger partial charge in [0.1, 0.15) is 13.2 Å². The molecule has 0 saturated carbocycles. The molecule has 6 nitrogen and oxygen atoms in total. The van der Waals surface area contributed by atoms with Crippen molar-refractivity contribution in [2.24, 2.45) is 0 Å². The molecule has 0 aromatic rings. The van der Waals surface area contributed by atoms with Crippen molar-refractivity contribution in [1.29, 1.82) is 0 Å². The van der Waals surface area contributed by atoms with Crippen molar-refractivity contribution in [3.63, 3.8) is 0 Å². The molecule has 1 aliphatic rings. The molecule has 6 heteroatoms. The lowest BCUT2D eigenvalue weighted by Crippen LogP contribution is -2.52. The summed E-state index contributed by atoms with van der Waals surface area (Å²) in [6.07, 6.45) is 0.102. The van der Waals surface area contributed by atoms with E-state index in [1.807, 2.05) is 27.7 Å². The fraction of sp³-hybridized carbons (Fsp3) is 0.857. The molecule has 0 aromatic heterocycles. The Kier molecular flexibility index (Phi) is 6.95. The smallest absolute Gasteiger partial charge is 0.248 e. The number of ether oxygens (including phenoxy) is 2. The third-order valence-corrected chi connectivity index (χ3v) is 3.07. The summed E-state index contributed by atoms with van der Waals surface area (Å²) in [6.45, 7) is 10.1. The molecular formula is C14H26N2O4. The van der Waals surface area contributed by atoms with Crippen molar-refractivity contribution in [2.75, 3.05) is 39.4 Å². The Balaban J connectivity index is 2.28. The number of hydrogen-bond acceptors (Lipinski definition) is 4. The molecule has 20 heavy (non-hydrogen) atoms. The van der Waals surface area contributed by atoms with E-state index in [9.17, 15) is 9.59 Å². The van der Waals surface area contributed by atoms with Crippen LogP contribution in [-0.2, 0) is 19.1 Å². The summed E-state index contributed by atoms with van der Waals surface area (Å²) in [4.78, 5) is 27.2. The minimum atomic E-state index is -0.00997. The number of carbonyl (C=O) groups is 2. The topological polar surface area (TPSA) is 59.1 Å². The fourth-order valence-corrected chi connectivity index (χ4v) is 1.86. The SMILES string of the molecule is CC(C)OCC(=O)N1CCN(C(=O)COC(C)C)CC1. The van der Waals surface area contributed by atoms with E-state index in [4.69, 9.17) is 9.47 Å². The van der Waals surface area contributed by atoms with Gasteiger partial charge in [-0.1, -0.05) is 0 Å². The van der Waals surface area contributed by atoms with Gasteiger partial charge in [0.15, 0.2) is 0 Å². The quantitative estimate of drug-likeness (QED) is 0.714. The van der Waals surface area contributed by atoms with Crippen molar-refractivity contribution >= 4 is 11.8 Å². The predicted molar refractivity (Wildman–Crippen MR) is 75.3 cm³/mol. The monoisotopic (exact) mass is 286 g/mol. The zero-order valence-corrected chi connectivity index (χ0v) is 12.9. The van der Waals surface area contributed by atoms with Gasteiger partial charge in [0.2, 0.25) is 11.8 Å². The normalized spacial score (nSPS) is 16.1. The van der Waals surface area contributed by atoms with Gasteiger partial charge in [0.25, 0.3) is 0 Å². The van der Waals surface area contributed by atoms with Gasteiger partial charge in [-0.2, -0.15) is 0 Å². The van der Waals surface area contributed by atoms with Crippen LogP contribution in [0.25, 0.3) is 0 Å². The third-order valence-electron chi connectivity index (χ3n) is 3.07. The number of piperazine rings is 1. The van der Waals surface area contributed by atoms with Crippen molar-refractivity contribution in [3.8, 4) is 0 Å². The van der Waals surface area contributed by atoms with Crippen LogP contribution < -0.4 is 0 Å². The second-order valence-corrected chi connectivity index (χ2v) is 5.48. The molecule has 1 heterocycles. The van der Waals surface area contributed by atoms with Crippen LogP contribution in [0.2, 0.25) is 0 Å². The molecule has 0 spiro atoms. The zero-order chi connectivity index (χ0) is 15.1. The molecule has 0 atom stereocenters. The zero-order valence-electron chi connectivity index (χ0n) is 12.9. The maximum absolute atomic E-state index is 11.9. The standard InChI is InChI=1S/C14H26N2O4/c1-11(2)19-9-13(17)15-5-7-16(8-6-15)14(18)10-20-12(3)4/h11-12H,5-10H2,1-4H3. The van der Waals surface area contributed by atoms with Crippen LogP contribution in [0.1, 0.15) is 27.7 Å². The second-order valence-electron chi connectivity index (χ2n) is 5.48. The van der Waals surface area contributed by atoms with Crippen LogP contribution in [0.15, 0.2) is 0 Å². The first kappa shape index (κ1) is 16.9. The first-order valence-electron chi connectivity index (χ1n) is 7.19. The van der Waals surface area contributed by atoms with Crippen LogP contribution in [0.3, 0.4) is 0 Å². The van der Waals surface area contributed by atoms with Gasteiger partial charge in [-0.15, -0.1) is 0 Å². The molecule has 2 amide bonds. The lowest BCUT2D eigenvalue weighted by molar-refractivity contribution is -0.146. The lowest BCUT2D eigenvalue weighted by atomic mass is 10.3. The maximum Gasteiger partial charge on any atom is 0.248 e. The molecular weight excluding hydrogens is 260 g/mol. The Morgan fingerprint density at radius 1 is 0.800 bits per heavy atom. The lowest BCUT2D eigenvalue weighted by Gasteiger charge is -2.34. The van der Waals surface area contributed by atoms with E-state index in [-0.39, 0.29) is 37.2 Å². The molecule has 116 valence electrons. The molecule has 0 N–H and O–H groups in total. The van der Waals surface area contributed by atoms with Crippen LogP contribution in [0.5, 0.6) is 0 Å². The average Bonchev–Trinajstić information content (AvgIpc) is 2.42. The van der Waals surface area contributed by atoms with Gasteiger partial charge < -0.3 is 19.3 Å². The summed E-state index contributed by atoms with van der Waals surface area (Å²) in [5.74, 6) is -0.0199. The van der Waals surface area contributed by atoms with E-state index >= 15 is 0 Å². The molecule has 1 aliphatic heterocycles. The maximum atomic E-state index is 11.9. The highest BCUT2D eigenvalue weighted by Crippen LogP contribution is 2.04. The Labute approximate surface area is 121 Å². The van der Waals surface area contributed by atoms with Gasteiger partial charge >= 0.3 is 0 Å². The van der Waals surface area contributed by atoms with Gasteiger partial charge in [-0.25, -0.2) is 0 Å². The first-order valence-corrected chi connectivity index (χ1v) is 7.19. The summed E-state index contributed by atoms with van der Waals surface area (Å²) < 4.78 is 10.6.